The van der Waals surface area contributed by atoms with Crippen molar-refractivity contribution >= 4 is 33.3 Å². The van der Waals surface area contributed by atoms with Gasteiger partial charge in [0.25, 0.3) is 15.9 Å². The minimum Gasteiger partial charge on any atom is -0.497 e. The van der Waals surface area contributed by atoms with E-state index in [4.69, 9.17) is 18.7 Å². The van der Waals surface area contributed by atoms with Crippen molar-refractivity contribution < 1.29 is 41.8 Å². The maximum atomic E-state index is 14.4. The fraction of sp³-hybridized carbons (Fsp3) is 0.514. The average Bonchev–Trinajstić information content (AvgIpc) is 3.41. The Morgan fingerprint density at radius 2 is 1.88 bits per heavy atom. The molecule has 0 saturated heterocycles. The molecule has 0 saturated carbocycles. The van der Waals surface area contributed by atoms with Crippen molar-refractivity contribution in [3.05, 3.63) is 59.5 Å². The van der Waals surface area contributed by atoms with Gasteiger partial charge in [-0.2, -0.15) is 0 Å². The van der Waals surface area contributed by atoms with Crippen LogP contribution in [0.3, 0.4) is 0 Å². The second kappa shape index (κ2) is 17.1. The van der Waals surface area contributed by atoms with Crippen LogP contribution in [0.1, 0.15) is 61.8 Å². The van der Waals surface area contributed by atoms with Crippen molar-refractivity contribution in [2.75, 3.05) is 50.5 Å². The van der Waals surface area contributed by atoms with Crippen LogP contribution in [0.2, 0.25) is 0 Å². The number of nitrogens with one attached hydrogen (secondary N) is 2. The molecule has 3 amide bonds. The van der Waals surface area contributed by atoms with E-state index < -0.39 is 28.1 Å². The predicted octanol–water partition coefficient (Wildman–Crippen LogP) is 5.06. The third-order valence-electron chi connectivity index (χ3n) is 8.74. The molecule has 2 aromatic carbocycles. The fourth-order valence-corrected chi connectivity index (χ4v) is 6.68. The van der Waals surface area contributed by atoms with Gasteiger partial charge in [-0.25, -0.2) is 13.2 Å². The van der Waals surface area contributed by atoms with Gasteiger partial charge in [-0.05, 0) is 89.4 Å². The van der Waals surface area contributed by atoms with E-state index in [0.29, 0.717) is 41.7 Å². The topological polar surface area (TPSA) is 173 Å². The summed E-state index contributed by atoms with van der Waals surface area (Å²) >= 11 is 0. The summed E-state index contributed by atoms with van der Waals surface area (Å²) in [5.41, 5.74) is 1.39. The Balaban J connectivity index is 1.63. The summed E-state index contributed by atoms with van der Waals surface area (Å²) in [7, 11) is -0.849. The lowest BCUT2D eigenvalue weighted by Gasteiger charge is -2.35. The van der Waals surface area contributed by atoms with Crippen molar-refractivity contribution in [3.63, 3.8) is 0 Å². The molecular formula is C35H49N5O9S. The molecule has 1 aliphatic rings. The number of hydrogen-bond acceptors (Lipinski definition) is 10. The number of sulfonamides is 1. The van der Waals surface area contributed by atoms with Crippen LogP contribution in [0.4, 0.5) is 16.2 Å². The number of rotatable bonds is 9. The maximum Gasteiger partial charge on any atom is 0.321 e. The number of carbonyl (C=O) groups excluding carboxylic acids is 2. The number of urea groups is 1. The number of nitrogens with zero attached hydrogens (tertiary/aromatic N) is 3. The number of amides is 3. The van der Waals surface area contributed by atoms with Gasteiger partial charge in [0, 0.05) is 38.3 Å². The fourth-order valence-electron chi connectivity index (χ4n) is 5.63. The second-order valence-corrected chi connectivity index (χ2v) is 14.5. The van der Waals surface area contributed by atoms with Crippen LogP contribution in [-0.2, 0) is 14.8 Å². The van der Waals surface area contributed by atoms with Gasteiger partial charge in [-0.1, -0.05) is 12.1 Å². The number of benzene rings is 2. The van der Waals surface area contributed by atoms with E-state index in [2.05, 4.69) is 15.2 Å². The Labute approximate surface area is 294 Å². The Bertz CT molecular complexity index is 1690. The average molecular weight is 716 g/mol. The van der Waals surface area contributed by atoms with E-state index in [1.807, 2.05) is 13.8 Å². The summed E-state index contributed by atoms with van der Waals surface area (Å²) in [6.45, 7) is 9.54. The van der Waals surface area contributed by atoms with Crippen LogP contribution in [0.15, 0.2) is 51.9 Å². The van der Waals surface area contributed by atoms with Gasteiger partial charge in [0.2, 0.25) is 0 Å². The number of aromatic nitrogens is 1. The highest BCUT2D eigenvalue weighted by molar-refractivity contribution is 7.92. The lowest BCUT2D eigenvalue weighted by atomic mass is 10.0. The molecule has 0 unspecified atom stereocenters. The van der Waals surface area contributed by atoms with Crippen LogP contribution in [-0.4, -0.2) is 99.1 Å². The molecule has 0 radical (unpaired) electrons. The zero-order chi connectivity index (χ0) is 36.6. The summed E-state index contributed by atoms with van der Waals surface area (Å²) in [6, 6.07) is 9.58. The third-order valence-corrected chi connectivity index (χ3v) is 10.1. The van der Waals surface area contributed by atoms with E-state index in [1.54, 1.807) is 52.1 Å². The Morgan fingerprint density at radius 1 is 1.16 bits per heavy atom. The van der Waals surface area contributed by atoms with E-state index in [9.17, 15) is 23.1 Å². The third kappa shape index (κ3) is 9.67. The minimum atomic E-state index is -4.01. The lowest BCUT2D eigenvalue weighted by molar-refractivity contribution is -0.0115. The Kier molecular flexibility index (Phi) is 13.1. The van der Waals surface area contributed by atoms with E-state index in [1.165, 1.54) is 35.1 Å². The van der Waals surface area contributed by atoms with Gasteiger partial charge >= 0.3 is 6.03 Å². The molecule has 1 aliphatic heterocycles. The second-order valence-electron chi connectivity index (χ2n) is 12.8. The number of carbonyl (C=O) groups is 2. The first-order chi connectivity index (χ1) is 23.7. The molecule has 3 N–H and O–H groups in total. The van der Waals surface area contributed by atoms with Gasteiger partial charge in [0.05, 0.1) is 42.4 Å². The number of likely N-dealkylation sites (N-methyl/N-ethyl adjacent to an activating group) is 1. The summed E-state index contributed by atoms with van der Waals surface area (Å²) in [6.07, 6.45) is 1.50. The summed E-state index contributed by atoms with van der Waals surface area (Å²) in [5.74, 6) is 0.572. The number of aryl methyl sites for hydroxylation is 2. The molecule has 0 fully saturated rings. The highest BCUT2D eigenvalue weighted by Gasteiger charge is 2.31. The molecule has 4 atom stereocenters. The molecule has 4 rings (SSSR count). The van der Waals surface area contributed by atoms with Crippen LogP contribution in [0.5, 0.6) is 11.5 Å². The molecule has 14 nitrogen and oxygen atoms in total. The Hall–Kier alpha value is -4.34. The molecule has 15 heteroatoms. The van der Waals surface area contributed by atoms with Crippen molar-refractivity contribution in [2.45, 2.75) is 77.0 Å². The quantitative estimate of drug-likeness (QED) is 0.272. The van der Waals surface area contributed by atoms with Gasteiger partial charge in [0.15, 0.2) is 5.76 Å². The van der Waals surface area contributed by atoms with Crippen LogP contribution >= 0.6 is 0 Å². The summed E-state index contributed by atoms with van der Waals surface area (Å²) in [4.78, 5) is 30.7. The number of fused-ring (bicyclic) bond motifs is 1. The van der Waals surface area contributed by atoms with Crippen LogP contribution < -0.4 is 19.5 Å². The van der Waals surface area contributed by atoms with Gasteiger partial charge in [-0.3, -0.25) is 9.52 Å². The number of anilines is 2. The van der Waals surface area contributed by atoms with E-state index in [0.717, 1.165) is 12.8 Å². The Morgan fingerprint density at radius 3 is 2.52 bits per heavy atom. The summed E-state index contributed by atoms with van der Waals surface area (Å²) in [5, 5.41) is 17.0. The molecule has 0 spiro atoms. The largest absolute Gasteiger partial charge is 0.497 e. The number of aliphatic hydroxyl groups excluding tert-OH is 1. The molecule has 1 aromatic heterocycles. The molecule has 274 valence electrons. The number of hydrogen-bond donors (Lipinski definition) is 3. The molecule has 0 bridgehead atoms. The molecule has 3 aromatic rings. The van der Waals surface area contributed by atoms with Crippen molar-refractivity contribution in [1.29, 1.82) is 0 Å². The highest BCUT2D eigenvalue weighted by Crippen LogP contribution is 2.30. The standard InChI is InChI=1S/C35H49N5O9S/c1-22-19-40(23(2)21-41)34(42)30-18-27(38-50(44,45)29-14-12-28(46-7)13-15-29)11-16-31(30)48-24(3)10-8-9-17-47-32(22)20-39(6)35(43)36-33-25(4)37-49-26(33)5/h11-16,18,22-24,32,38,41H,8-10,17,19-21H2,1-7H3,(H,36,43)/t22-,23-,24+,32-/m0/s1. The van der Waals surface area contributed by atoms with Crippen molar-refractivity contribution in [3.8, 4) is 11.5 Å². The van der Waals surface area contributed by atoms with E-state index >= 15 is 0 Å². The first kappa shape index (κ1) is 38.5. The zero-order valence-corrected chi connectivity index (χ0v) is 30.6. The van der Waals surface area contributed by atoms with Gasteiger partial charge in [0.1, 0.15) is 22.9 Å². The maximum absolute atomic E-state index is 14.4. The normalized spacial score (nSPS) is 19.8. The number of methoxy groups -OCH3 is 1. The summed E-state index contributed by atoms with van der Waals surface area (Å²) < 4.78 is 52.0. The van der Waals surface area contributed by atoms with Crippen LogP contribution in [0, 0.1) is 19.8 Å². The monoisotopic (exact) mass is 715 g/mol. The lowest BCUT2D eigenvalue weighted by Crippen LogP contribution is -2.48. The van der Waals surface area contributed by atoms with E-state index in [-0.39, 0.29) is 53.9 Å². The predicted molar refractivity (Wildman–Crippen MR) is 188 cm³/mol. The molecular weight excluding hydrogens is 666 g/mol. The molecule has 0 aliphatic carbocycles. The van der Waals surface area contributed by atoms with Crippen molar-refractivity contribution in [1.82, 2.24) is 15.0 Å². The highest BCUT2D eigenvalue weighted by atomic mass is 32.2. The SMILES string of the molecule is COc1ccc(S(=O)(=O)Nc2ccc3c(c2)C(=O)N([C@@H](C)CO)C[C@H](C)[C@H](CN(C)C(=O)Nc2c(C)noc2C)OCCCC[C@@H](C)O3)cc1. The van der Waals surface area contributed by atoms with Gasteiger partial charge < -0.3 is 39.0 Å². The zero-order valence-electron chi connectivity index (χ0n) is 29.8. The number of ether oxygens (including phenoxy) is 3. The first-order valence-corrected chi connectivity index (χ1v) is 18.2. The van der Waals surface area contributed by atoms with Gasteiger partial charge in [-0.15, -0.1) is 0 Å². The smallest absolute Gasteiger partial charge is 0.321 e. The van der Waals surface area contributed by atoms with Crippen LogP contribution in [0.25, 0.3) is 0 Å². The first-order valence-electron chi connectivity index (χ1n) is 16.7. The minimum absolute atomic E-state index is 0.0235. The molecule has 2 heterocycles. The van der Waals surface area contributed by atoms with Crippen molar-refractivity contribution in [2.24, 2.45) is 5.92 Å². The molecule has 50 heavy (non-hydrogen) atoms. The number of aliphatic hydroxyl groups is 1.